The molecule has 0 atom stereocenters. The highest BCUT2D eigenvalue weighted by Gasteiger charge is 2.30. The zero-order chi connectivity index (χ0) is 17.8. The van der Waals surface area contributed by atoms with E-state index in [1.807, 2.05) is 0 Å². The highest BCUT2D eigenvalue weighted by Crippen LogP contribution is 2.38. The average molecular weight is 364 g/mol. The summed E-state index contributed by atoms with van der Waals surface area (Å²) in [6.07, 6.45) is 5.39. The zero-order valence-electron chi connectivity index (χ0n) is 14.6. The monoisotopic (exact) mass is 364 g/mol. The van der Waals surface area contributed by atoms with Gasteiger partial charge in [0.2, 0.25) is 5.91 Å². The first kappa shape index (κ1) is 18.1. The molecule has 6 nitrogen and oxygen atoms in total. The van der Waals surface area contributed by atoms with Gasteiger partial charge in [0, 0.05) is 6.42 Å². The molecular weight excluding hydrogens is 340 g/mol. The van der Waals surface area contributed by atoms with Crippen LogP contribution in [-0.4, -0.2) is 48.8 Å². The van der Waals surface area contributed by atoms with Gasteiger partial charge >= 0.3 is 5.97 Å². The largest absolute Gasteiger partial charge is 0.462 e. The maximum atomic E-state index is 12.5. The smallest absolute Gasteiger partial charge is 0.350 e. The SMILES string of the molecule is CCOC(=O)c1sc2c(c1NC(=O)CN1CCCCC1)CCCC2=O. The van der Waals surface area contributed by atoms with Gasteiger partial charge in [-0.1, -0.05) is 6.42 Å². The van der Waals surface area contributed by atoms with Crippen LogP contribution >= 0.6 is 11.3 Å². The summed E-state index contributed by atoms with van der Waals surface area (Å²) in [5.74, 6) is -0.553. The molecular formula is C18H24N2O4S. The number of nitrogens with zero attached hydrogens (tertiary/aromatic N) is 1. The number of nitrogens with one attached hydrogen (secondary N) is 1. The molecule has 2 aliphatic rings. The number of carbonyl (C=O) groups is 3. The van der Waals surface area contributed by atoms with E-state index >= 15 is 0 Å². The van der Waals surface area contributed by atoms with Crippen molar-refractivity contribution in [1.82, 2.24) is 4.90 Å². The standard InChI is InChI=1S/C18H24N2O4S/c1-2-24-18(23)17-15(12-7-6-8-13(21)16(12)25-17)19-14(22)11-20-9-4-3-5-10-20/h2-11H2,1H3,(H,19,22). The van der Waals surface area contributed by atoms with Gasteiger partial charge in [-0.05, 0) is 51.3 Å². The predicted molar refractivity (Wildman–Crippen MR) is 96.5 cm³/mol. The van der Waals surface area contributed by atoms with Crippen molar-refractivity contribution in [2.24, 2.45) is 0 Å². The van der Waals surface area contributed by atoms with Crippen LogP contribution in [0.4, 0.5) is 5.69 Å². The van der Waals surface area contributed by atoms with Gasteiger partial charge in [-0.3, -0.25) is 14.5 Å². The maximum Gasteiger partial charge on any atom is 0.350 e. The first-order chi connectivity index (χ1) is 12.1. The quantitative estimate of drug-likeness (QED) is 0.813. The van der Waals surface area contributed by atoms with Gasteiger partial charge in [0.25, 0.3) is 0 Å². The van der Waals surface area contributed by atoms with E-state index < -0.39 is 5.97 Å². The van der Waals surface area contributed by atoms with E-state index in [0.717, 1.165) is 49.3 Å². The van der Waals surface area contributed by atoms with Crippen molar-refractivity contribution >= 4 is 34.7 Å². The molecule has 7 heteroatoms. The summed E-state index contributed by atoms with van der Waals surface area (Å²) in [6.45, 7) is 4.18. The lowest BCUT2D eigenvalue weighted by Crippen LogP contribution is -2.37. The van der Waals surface area contributed by atoms with E-state index in [0.29, 0.717) is 34.8 Å². The highest BCUT2D eigenvalue weighted by atomic mass is 32.1. The van der Waals surface area contributed by atoms with E-state index in [1.54, 1.807) is 6.92 Å². The van der Waals surface area contributed by atoms with Crippen LogP contribution in [0.1, 0.15) is 63.9 Å². The summed E-state index contributed by atoms with van der Waals surface area (Å²) in [5.41, 5.74) is 1.30. The van der Waals surface area contributed by atoms with Gasteiger partial charge in [-0.25, -0.2) is 4.79 Å². The first-order valence-corrected chi connectivity index (χ1v) is 9.80. The average Bonchev–Trinajstić information content (AvgIpc) is 2.96. The number of fused-ring (bicyclic) bond motifs is 1. The molecule has 1 aliphatic heterocycles. The fraction of sp³-hybridized carbons (Fsp3) is 0.611. The van der Waals surface area contributed by atoms with Gasteiger partial charge in [0.15, 0.2) is 5.78 Å². The van der Waals surface area contributed by atoms with Crippen LogP contribution in [0.3, 0.4) is 0 Å². The Labute approximate surface area is 151 Å². The molecule has 0 spiro atoms. The summed E-state index contributed by atoms with van der Waals surface area (Å²) in [6, 6.07) is 0. The molecule has 136 valence electrons. The Morgan fingerprint density at radius 1 is 1.16 bits per heavy atom. The van der Waals surface area contributed by atoms with Crippen LogP contribution in [0, 0.1) is 0 Å². The third-order valence-electron chi connectivity index (χ3n) is 4.63. The molecule has 0 aromatic carbocycles. The molecule has 2 heterocycles. The Hall–Kier alpha value is -1.73. The number of esters is 1. The first-order valence-electron chi connectivity index (χ1n) is 8.98. The van der Waals surface area contributed by atoms with Gasteiger partial charge in [0.05, 0.1) is 23.7 Å². The third kappa shape index (κ3) is 4.10. The Kier molecular flexibility index (Phi) is 5.86. The number of rotatable bonds is 5. The lowest BCUT2D eigenvalue weighted by molar-refractivity contribution is -0.117. The van der Waals surface area contributed by atoms with Gasteiger partial charge in [0.1, 0.15) is 4.88 Å². The minimum atomic E-state index is -0.469. The molecule has 25 heavy (non-hydrogen) atoms. The second-order valence-corrected chi connectivity index (χ2v) is 7.52. The molecule has 1 aliphatic carbocycles. The molecule has 0 saturated carbocycles. The molecule has 0 radical (unpaired) electrons. The predicted octanol–water partition coefficient (Wildman–Crippen LogP) is 2.87. The topological polar surface area (TPSA) is 75.7 Å². The molecule has 1 N–H and O–H groups in total. The van der Waals surface area contributed by atoms with Crippen LogP contribution in [-0.2, 0) is 16.0 Å². The Balaban J connectivity index is 1.81. The van der Waals surface area contributed by atoms with Gasteiger partial charge in [-0.15, -0.1) is 11.3 Å². The molecule has 1 aromatic rings. The number of Topliss-reactive ketones (excluding diaryl/α,β-unsaturated/α-hetero) is 1. The van der Waals surface area contributed by atoms with E-state index in [4.69, 9.17) is 4.74 Å². The van der Waals surface area contributed by atoms with E-state index in [9.17, 15) is 14.4 Å². The van der Waals surface area contributed by atoms with E-state index in [1.165, 1.54) is 6.42 Å². The lowest BCUT2D eigenvalue weighted by atomic mass is 9.96. The lowest BCUT2D eigenvalue weighted by Gasteiger charge is -2.25. The Morgan fingerprint density at radius 2 is 1.92 bits per heavy atom. The Morgan fingerprint density at radius 3 is 2.64 bits per heavy atom. The third-order valence-corrected chi connectivity index (χ3v) is 5.89. The molecule has 3 rings (SSSR count). The second kappa shape index (κ2) is 8.10. The second-order valence-electron chi connectivity index (χ2n) is 6.50. The van der Waals surface area contributed by atoms with Gasteiger partial charge < -0.3 is 10.1 Å². The van der Waals surface area contributed by atoms with Crippen molar-refractivity contribution in [2.75, 3.05) is 31.6 Å². The maximum absolute atomic E-state index is 12.5. The van der Waals surface area contributed by atoms with Crippen molar-refractivity contribution in [3.63, 3.8) is 0 Å². The molecule has 0 bridgehead atoms. The number of likely N-dealkylation sites (tertiary alicyclic amines) is 1. The number of hydrogen-bond acceptors (Lipinski definition) is 6. The zero-order valence-corrected chi connectivity index (χ0v) is 15.4. The van der Waals surface area contributed by atoms with Crippen LogP contribution in [0.25, 0.3) is 0 Å². The number of amides is 1. The van der Waals surface area contributed by atoms with Crippen molar-refractivity contribution < 1.29 is 19.1 Å². The van der Waals surface area contributed by atoms with E-state index in [-0.39, 0.29) is 18.3 Å². The number of piperidine rings is 1. The number of carbonyl (C=O) groups excluding carboxylic acids is 3. The molecule has 1 fully saturated rings. The summed E-state index contributed by atoms with van der Waals surface area (Å²) in [5, 5.41) is 2.90. The van der Waals surface area contributed by atoms with Crippen LogP contribution in [0.2, 0.25) is 0 Å². The van der Waals surface area contributed by atoms with Crippen molar-refractivity contribution in [3.05, 3.63) is 15.3 Å². The fourth-order valence-corrected chi connectivity index (χ4v) is 4.61. The van der Waals surface area contributed by atoms with Crippen LogP contribution < -0.4 is 5.32 Å². The normalized spacial score (nSPS) is 17.9. The summed E-state index contributed by atoms with van der Waals surface area (Å²) in [7, 11) is 0. The highest BCUT2D eigenvalue weighted by molar-refractivity contribution is 7.16. The number of hydrogen-bond donors (Lipinski definition) is 1. The summed E-state index contributed by atoms with van der Waals surface area (Å²) >= 11 is 1.15. The summed E-state index contributed by atoms with van der Waals surface area (Å²) < 4.78 is 5.11. The van der Waals surface area contributed by atoms with Gasteiger partial charge in [-0.2, -0.15) is 0 Å². The van der Waals surface area contributed by atoms with Crippen molar-refractivity contribution in [3.8, 4) is 0 Å². The number of ether oxygens (including phenoxy) is 1. The van der Waals surface area contributed by atoms with Crippen molar-refractivity contribution in [2.45, 2.75) is 45.4 Å². The molecule has 1 aromatic heterocycles. The van der Waals surface area contributed by atoms with E-state index in [2.05, 4.69) is 10.2 Å². The Bertz CT molecular complexity index is 677. The number of thiophene rings is 1. The van der Waals surface area contributed by atoms with Crippen LogP contribution in [0.15, 0.2) is 0 Å². The van der Waals surface area contributed by atoms with Crippen LogP contribution in [0.5, 0.6) is 0 Å². The molecule has 1 amide bonds. The van der Waals surface area contributed by atoms with Crippen molar-refractivity contribution in [1.29, 1.82) is 0 Å². The fourth-order valence-electron chi connectivity index (χ4n) is 3.44. The molecule has 0 unspecified atom stereocenters. The molecule has 1 saturated heterocycles. The minimum Gasteiger partial charge on any atom is -0.462 e. The minimum absolute atomic E-state index is 0.0494. The number of anilines is 1. The number of ketones is 1. The summed E-state index contributed by atoms with van der Waals surface area (Å²) in [4.78, 5) is 40.0.